The Kier molecular flexibility index (Phi) is 6.55. The van der Waals surface area contributed by atoms with Gasteiger partial charge in [-0.2, -0.15) is 0 Å². The van der Waals surface area contributed by atoms with Gasteiger partial charge in [0.2, 0.25) is 0 Å². The minimum atomic E-state index is -0.609. The zero-order valence-corrected chi connectivity index (χ0v) is 30.3. The number of benzene rings is 9. The second-order valence-corrected chi connectivity index (χ2v) is 14.8. The lowest BCUT2D eigenvalue weighted by molar-refractivity contribution is 0.436. The third kappa shape index (κ3) is 4.40. The van der Waals surface area contributed by atoms with Crippen molar-refractivity contribution in [2.24, 2.45) is 0 Å². The highest BCUT2D eigenvalue weighted by Gasteiger charge is 2.51. The van der Waals surface area contributed by atoms with E-state index in [1.165, 1.54) is 44.2 Å². The Labute approximate surface area is 324 Å². The Morgan fingerprint density at radius 2 is 0.929 bits per heavy atom. The number of anilines is 3. The number of fused-ring (bicyclic) bond motifs is 13. The maximum Gasteiger partial charge on any atom is 0.137 e. The first-order valence-electron chi connectivity index (χ1n) is 19.2. The zero-order valence-electron chi connectivity index (χ0n) is 30.3. The first kappa shape index (κ1) is 31.0. The molecule has 56 heavy (non-hydrogen) atoms. The van der Waals surface area contributed by atoms with Crippen LogP contribution in [-0.4, -0.2) is 0 Å². The standard InChI is InChI=1S/C53H33NO2/c1-2-12-34(13-3-1)35-22-24-38(25-23-35)54(40-27-29-43-42-16-6-9-19-49(42)55-52(43)33-40)39-26-28-41-44-30-36-14-4-5-15-37(36)31-47(44)53(48(41)32-39)45-17-7-10-20-50(45)56-51-21-11-8-18-46(51)53/h1-33H. The average molecular weight is 716 g/mol. The van der Waals surface area contributed by atoms with Crippen LogP contribution in [0.1, 0.15) is 22.3 Å². The van der Waals surface area contributed by atoms with Crippen molar-refractivity contribution in [3.63, 3.8) is 0 Å². The highest BCUT2D eigenvalue weighted by Crippen LogP contribution is 2.63. The second kappa shape index (κ2) is 11.8. The number of nitrogens with zero attached hydrogens (tertiary/aromatic N) is 1. The molecule has 0 bridgehead atoms. The molecular formula is C53H33NO2. The van der Waals surface area contributed by atoms with Crippen LogP contribution in [0.3, 0.4) is 0 Å². The Morgan fingerprint density at radius 3 is 1.71 bits per heavy atom. The quantitative estimate of drug-likeness (QED) is 0.181. The lowest BCUT2D eigenvalue weighted by Gasteiger charge is -2.39. The van der Waals surface area contributed by atoms with Gasteiger partial charge < -0.3 is 14.1 Å². The fraction of sp³-hybridized carbons (Fsp3) is 0.0189. The third-order valence-corrected chi connectivity index (χ3v) is 11.9. The van der Waals surface area contributed by atoms with Crippen LogP contribution in [0.5, 0.6) is 11.5 Å². The molecular weight excluding hydrogens is 683 g/mol. The SMILES string of the molecule is c1ccc(-c2ccc(N(c3ccc4c(c3)C3(c5ccccc5Oc5ccccc53)c3cc5ccccc5cc3-4)c3ccc4c(c3)oc3ccccc34)cc2)cc1. The van der Waals surface area contributed by atoms with Crippen LogP contribution in [0.15, 0.2) is 205 Å². The van der Waals surface area contributed by atoms with E-state index in [9.17, 15) is 0 Å². The van der Waals surface area contributed by atoms with Gasteiger partial charge in [0.1, 0.15) is 22.7 Å². The topological polar surface area (TPSA) is 25.6 Å². The highest BCUT2D eigenvalue weighted by molar-refractivity contribution is 6.06. The predicted octanol–water partition coefficient (Wildman–Crippen LogP) is 14.3. The van der Waals surface area contributed by atoms with Gasteiger partial charge in [0.05, 0.1) is 5.41 Å². The molecule has 9 aromatic carbocycles. The molecule has 12 rings (SSSR count). The average Bonchev–Trinajstić information content (AvgIpc) is 3.76. The Balaban J connectivity index is 1.13. The van der Waals surface area contributed by atoms with Crippen molar-refractivity contribution < 1.29 is 9.15 Å². The fourth-order valence-corrected chi connectivity index (χ4v) is 9.44. The Hall–Kier alpha value is -7.36. The van der Waals surface area contributed by atoms with Crippen LogP contribution in [-0.2, 0) is 5.41 Å². The molecule has 1 aromatic heterocycles. The molecule has 0 N–H and O–H groups in total. The van der Waals surface area contributed by atoms with E-state index in [2.05, 4.69) is 193 Å². The van der Waals surface area contributed by atoms with Gasteiger partial charge in [0, 0.05) is 45.0 Å². The second-order valence-electron chi connectivity index (χ2n) is 14.8. The molecule has 0 fully saturated rings. The van der Waals surface area contributed by atoms with Crippen LogP contribution in [0, 0.1) is 0 Å². The first-order chi connectivity index (χ1) is 27.7. The minimum Gasteiger partial charge on any atom is -0.457 e. The molecule has 1 spiro atoms. The molecule has 10 aromatic rings. The Bertz CT molecular complexity index is 3130. The molecule has 3 nitrogen and oxygen atoms in total. The van der Waals surface area contributed by atoms with Gasteiger partial charge in [0.15, 0.2) is 0 Å². The van der Waals surface area contributed by atoms with Gasteiger partial charge in [-0.1, -0.05) is 127 Å². The number of rotatable bonds is 4. The monoisotopic (exact) mass is 715 g/mol. The summed E-state index contributed by atoms with van der Waals surface area (Å²) in [6.45, 7) is 0. The van der Waals surface area contributed by atoms with Crippen LogP contribution < -0.4 is 9.64 Å². The van der Waals surface area contributed by atoms with Gasteiger partial charge in [-0.3, -0.25) is 0 Å². The maximum atomic E-state index is 6.69. The first-order valence-corrected chi connectivity index (χ1v) is 19.2. The summed E-state index contributed by atoms with van der Waals surface area (Å²) in [5, 5.41) is 4.68. The van der Waals surface area contributed by atoms with Gasteiger partial charge in [-0.25, -0.2) is 0 Å². The lowest BCUT2D eigenvalue weighted by Crippen LogP contribution is -2.32. The molecule has 0 radical (unpaired) electrons. The molecule has 0 atom stereocenters. The van der Waals surface area contributed by atoms with E-state index in [0.717, 1.165) is 61.6 Å². The zero-order chi connectivity index (χ0) is 36.8. The molecule has 2 heterocycles. The minimum absolute atomic E-state index is 0.609. The van der Waals surface area contributed by atoms with E-state index < -0.39 is 5.41 Å². The number of para-hydroxylation sites is 3. The van der Waals surface area contributed by atoms with Gasteiger partial charge in [0.25, 0.3) is 0 Å². The molecule has 1 aliphatic heterocycles. The molecule has 0 amide bonds. The van der Waals surface area contributed by atoms with Gasteiger partial charge in [-0.15, -0.1) is 0 Å². The number of ether oxygens (including phenoxy) is 1. The summed E-state index contributed by atoms with van der Waals surface area (Å²) in [4.78, 5) is 2.37. The summed E-state index contributed by atoms with van der Waals surface area (Å²) < 4.78 is 13.2. The van der Waals surface area contributed by atoms with Gasteiger partial charge >= 0.3 is 0 Å². The molecule has 2 aliphatic rings. The van der Waals surface area contributed by atoms with Crippen molar-refractivity contribution in [2.75, 3.05) is 4.90 Å². The molecule has 3 heteroatoms. The summed E-state index contributed by atoms with van der Waals surface area (Å²) in [6, 6.07) is 72.0. The van der Waals surface area contributed by atoms with E-state index in [-0.39, 0.29) is 0 Å². The number of hydrogen-bond acceptors (Lipinski definition) is 3. The van der Waals surface area contributed by atoms with Crippen molar-refractivity contribution in [3.05, 3.63) is 222 Å². The van der Waals surface area contributed by atoms with Crippen molar-refractivity contribution in [2.45, 2.75) is 5.41 Å². The summed E-state index contributed by atoms with van der Waals surface area (Å²) in [6.07, 6.45) is 0. The molecule has 0 saturated heterocycles. The van der Waals surface area contributed by atoms with Crippen molar-refractivity contribution >= 4 is 49.8 Å². The van der Waals surface area contributed by atoms with E-state index in [0.29, 0.717) is 0 Å². The van der Waals surface area contributed by atoms with E-state index in [1.807, 2.05) is 12.1 Å². The van der Waals surface area contributed by atoms with Crippen LogP contribution in [0.25, 0.3) is 55.0 Å². The van der Waals surface area contributed by atoms with E-state index in [4.69, 9.17) is 9.15 Å². The smallest absolute Gasteiger partial charge is 0.137 e. The van der Waals surface area contributed by atoms with Crippen molar-refractivity contribution in [1.82, 2.24) is 0 Å². The van der Waals surface area contributed by atoms with Crippen LogP contribution in [0.2, 0.25) is 0 Å². The van der Waals surface area contributed by atoms with E-state index in [1.54, 1.807) is 0 Å². The number of hydrogen-bond donors (Lipinski definition) is 0. The maximum absolute atomic E-state index is 6.69. The van der Waals surface area contributed by atoms with E-state index >= 15 is 0 Å². The summed E-state index contributed by atoms with van der Waals surface area (Å²) in [5.41, 5.74) is 13.9. The third-order valence-electron chi connectivity index (χ3n) is 11.9. The Morgan fingerprint density at radius 1 is 0.357 bits per heavy atom. The van der Waals surface area contributed by atoms with Crippen LogP contribution in [0.4, 0.5) is 17.1 Å². The van der Waals surface area contributed by atoms with Crippen LogP contribution >= 0.6 is 0 Å². The van der Waals surface area contributed by atoms with Crippen molar-refractivity contribution in [1.29, 1.82) is 0 Å². The predicted molar refractivity (Wildman–Crippen MR) is 229 cm³/mol. The van der Waals surface area contributed by atoms with Crippen molar-refractivity contribution in [3.8, 4) is 33.8 Å². The molecule has 1 aliphatic carbocycles. The fourth-order valence-electron chi connectivity index (χ4n) is 9.44. The van der Waals surface area contributed by atoms with Gasteiger partial charge in [-0.05, 0) is 111 Å². The molecule has 0 saturated carbocycles. The normalized spacial score (nSPS) is 13.3. The molecule has 0 unspecified atom stereocenters. The largest absolute Gasteiger partial charge is 0.457 e. The summed E-state index contributed by atoms with van der Waals surface area (Å²) in [7, 11) is 0. The summed E-state index contributed by atoms with van der Waals surface area (Å²) in [5.74, 6) is 1.76. The summed E-state index contributed by atoms with van der Waals surface area (Å²) >= 11 is 0. The number of furan rings is 1. The lowest BCUT2D eigenvalue weighted by atomic mass is 9.66. The molecule has 262 valence electrons. The highest BCUT2D eigenvalue weighted by atomic mass is 16.5.